The molecule has 0 unspecified atom stereocenters. The van der Waals surface area contributed by atoms with Crippen molar-refractivity contribution in [2.24, 2.45) is 0 Å². The molecule has 0 aliphatic carbocycles. The van der Waals surface area contributed by atoms with E-state index in [1.54, 1.807) is 33.0 Å². The number of fused-ring (bicyclic) bond motifs is 1. The Labute approximate surface area is 104 Å². The molecule has 2 aromatic rings. The zero-order chi connectivity index (χ0) is 13.3. The molecule has 18 heavy (non-hydrogen) atoms. The molecule has 0 aliphatic rings. The van der Waals surface area contributed by atoms with Gasteiger partial charge in [-0.05, 0) is 38.0 Å². The number of aromatic nitrogens is 2. The van der Waals surface area contributed by atoms with Gasteiger partial charge in [0, 0.05) is 5.39 Å². The maximum absolute atomic E-state index is 11.9. The standard InChI is InChI=1S/C13H14N2O3/c1-4-18-13(17)11-7(2)5-9-10(8(11)3)6-14-15-12(9)16/h5-6H,4H2,1-3H3,(H,15,16). The lowest BCUT2D eigenvalue weighted by Crippen LogP contribution is -2.13. The molecule has 0 fully saturated rings. The number of hydrogen-bond acceptors (Lipinski definition) is 4. The highest BCUT2D eigenvalue weighted by Gasteiger charge is 2.17. The Morgan fingerprint density at radius 3 is 2.78 bits per heavy atom. The van der Waals surface area contributed by atoms with Crippen LogP contribution in [-0.4, -0.2) is 22.8 Å². The van der Waals surface area contributed by atoms with Crippen LogP contribution in [0.2, 0.25) is 0 Å². The van der Waals surface area contributed by atoms with E-state index in [4.69, 9.17) is 4.74 Å². The zero-order valence-corrected chi connectivity index (χ0v) is 10.5. The summed E-state index contributed by atoms with van der Waals surface area (Å²) in [7, 11) is 0. The minimum atomic E-state index is -0.366. The predicted molar refractivity (Wildman–Crippen MR) is 67.8 cm³/mol. The number of nitrogens with zero attached hydrogens (tertiary/aromatic N) is 1. The van der Waals surface area contributed by atoms with E-state index in [0.29, 0.717) is 22.9 Å². The highest BCUT2D eigenvalue weighted by molar-refractivity contribution is 5.99. The minimum Gasteiger partial charge on any atom is -0.462 e. The van der Waals surface area contributed by atoms with Gasteiger partial charge in [-0.1, -0.05) is 0 Å². The Morgan fingerprint density at radius 1 is 1.39 bits per heavy atom. The molecule has 0 bridgehead atoms. The maximum Gasteiger partial charge on any atom is 0.338 e. The Balaban J connectivity index is 2.77. The minimum absolute atomic E-state index is 0.255. The first-order valence-electron chi connectivity index (χ1n) is 5.71. The number of nitrogens with one attached hydrogen (secondary N) is 1. The molecule has 5 nitrogen and oxygen atoms in total. The second-order valence-corrected chi connectivity index (χ2v) is 4.07. The number of aromatic amines is 1. The van der Waals surface area contributed by atoms with Gasteiger partial charge in [-0.25, -0.2) is 9.89 Å². The quantitative estimate of drug-likeness (QED) is 0.819. The number of aryl methyl sites for hydroxylation is 2. The molecule has 0 amide bonds. The van der Waals surface area contributed by atoms with Crippen LogP contribution in [0.5, 0.6) is 0 Å². The second kappa shape index (κ2) is 4.60. The van der Waals surface area contributed by atoms with Crippen molar-refractivity contribution in [3.63, 3.8) is 0 Å². The van der Waals surface area contributed by atoms with E-state index in [9.17, 15) is 9.59 Å². The molecule has 94 valence electrons. The largest absolute Gasteiger partial charge is 0.462 e. The zero-order valence-electron chi connectivity index (χ0n) is 10.5. The summed E-state index contributed by atoms with van der Waals surface area (Å²) in [6.07, 6.45) is 1.55. The molecule has 1 heterocycles. The van der Waals surface area contributed by atoms with E-state index < -0.39 is 0 Å². The van der Waals surface area contributed by atoms with Crippen molar-refractivity contribution in [2.45, 2.75) is 20.8 Å². The van der Waals surface area contributed by atoms with Crippen molar-refractivity contribution in [2.75, 3.05) is 6.61 Å². The number of benzene rings is 1. The Hall–Kier alpha value is -2.17. The summed E-state index contributed by atoms with van der Waals surface area (Å²) in [6, 6.07) is 1.69. The Bertz CT molecular complexity index is 674. The van der Waals surface area contributed by atoms with Crippen LogP contribution in [-0.2, 0) is 4.74 Å². The molecule has 1 N–H and O–H groups in total. The molecule has 0 aliphatic heterocycles. The molecular weight excluding hydrogens is 232 g/mol. The lowest BCUT2D eigenvalue weighted by Gasteiger charge is -2.11. The van der Waals surface area contributed by atoms with Crippen LogP contribution < -0.4 is 5.56 Å². The van der Waals surface area contributed by atoms with Gasteiger partial charge < -0.3 is 4.74 Å². The van der Waals surface area contributed by atoms with Gasteiger partial charge in [-0.15, -0.1) is 0 Å². The molecule has 0 spiro atoms. The van der Waals surface area contributed by atoms with E-state index in [1.165, 1.54) is 0 Å². The molecule has 0 atom stereocenters. The molecule has 5 heteroatoms. The van der Waals surface area contributed by atoms with Crippen LogP contribution in [0.15, 0.2) is 17.1 Å². The monoisotopic (exact) mass is 246 g/mol. The first-order valence-corrected chi connectivity index (χ1v) is 5.71. The highest BCUT2D eigenvalue weighted by atomic mass is 16.5. The van der Waals surface area contributed by atoms with Gasteiger partial charge in [-0.3, -0.25) is 4.79 Å². The van der Waals surface area contributed by atoms with Crippen molar-refractivity contribution < 1.29 is 9.53 Å². The first-order chi connectivity index (χ1) is 8.56. The van der Waals surface area contributed by atoms with E-state index >= 15 is 0 Å². The maximum atomic E-state index is 11.9. The van der Waals surface area contributed by atoms with Crippen LogP contribution in [0.1, 0.15) is 28.4 Å². The van der Waals surface area contributed by atoms with Gasteiger partial charge in [0.05, 0.1) is 23.8 Å². The fraction of sp³-hybridized carbons (Fsp3) is 0.308. The number of carbonyl (C=O) groups excluding carboxylic acids is 1. The van der Waals surface area contributed by atoms with Crippen LogP contribution in [0.25, 0.3) is 10.8 Å². The number of hydrogen-bond donors (Lipinski definition) is 1. The van der Waals surface area contributed by atoms with Crippen LogP contribution in [0, 0.1) is 13.8 Å². The van der Waals surface area contributed by atoms with Crippen LogP contribution in [0.4, 0.5) is 0 Å². The van der Waals surface area contributed by atoms with Gasteiger partial charge in [0.1, 0.15) is 0 Å². The lowest BCUT2D eigenvalue weighted by atomic mass is 9.97. The van der Waals surface area contributed by atoms with Crippen LogP contribution >= 0.6 is 0 Å². The average Bonchev–Trinajstić information content (AvgIpc) is 2.31. The number of carbonyl (C=O) groups is 1. The number of ether oxygens (including phenoxy) is 1. The predicted octanol–water partition coefficient (Wildman–Crippen LogP) is 1.72. The highest BCUT2D eigenvalue weighted by Crippen LogP contribution is 2.23. The molecule has 1 aromatic carbocycles. The summed E-state index contributed by atoms with van der Waals surface area (Å²) in [4.78, 5) is 23.5. The normalized spacial score (nSPS) is 10.6. The number of esters is 1. The third kappa shape index (κ3) is 1.88. The summed E-state index contributed by atoms with van der Waals surface area (Å²) >= 11 is 0. The van der Waals surface area contributed by atoms with E-state index in [1.807, 2.05) is 0 Å². The van der Waals surface area contributed by atoms with E-state index in [2.05, 4.69) is 10.2 Å². The lowest BCUT2D eigenvalue weighted by molar-refractivity contribution is 0.0525. The van der Waals surface area contributed by atoms with E-state index in [0.717, 1.165) is 11.1 Å². The summed E-state index contributed by atoms with van der Waals surface area (Å²) < 4.78 is 5.02. The number of rotatable bonds is 2. The molecular formula is C13H14N2O3. The third-order valence-corrected chi connectivity index (χ3v) is 2.91. The van der Waals surface area contributed by atoms with Gasteiger partial charge in [-0.2, -0.15) is 5.10 Å². The summed E-state index contributed by atoms with van der Waals surface area (Å²) in [5.41, 5.74) is 1.71. The topological polar surface area (TPSA) is 72.1 Å². The van der Waals surface area contributed by atoms with Gasteiger partial charge in [0.25, 0.3) is 5.56 Å². The smallest absolute Gasteiger partial charge is 0.338 e. The molecule has 0 saturated carbocycles. The molecule has 0 saturated heterocycles. The Kier molecular flexibility index (Phi) is 3.14. The van der Waals surface area contributed by atoms with Crippen molar-refractivity contribution >= 4 is 16.7 Å². The van der Waals surface area contributed by atoms with Crippen LogP contribution in [0.3, 0.4) is 0 Å². The van der Waals surface area contributed by atoms with Gasteiger partial charge >= 0.3 is 5.97 Å². The van der Waals surface area contributed by atoms with Gasteiger partial charge in [0.2, 0.25) is 0 Å². The molecule has 0 radical (unpaired) electrons. The molecule has 2 rings (SSSR count). The summed E-state index contributed by atoms with van der Waals surface area (Å²) in [5.74, 6) is -0.366. The van der Waals surface area contributed by atoms with Crippen molar-refractivity contribution in [3.05, 3.63) is 39.3 Å². The third-order valence-electron chi connectivity index (χ3n) is 2.91. The molecule has 1 aromatic heterocycles. The summed E-state index contributed by atoms with van der Waals surface area (Å²) in [5, 5.41) is 7.35. The first kappa shape index (κ1) is 12.3. The van der Waals surface area contributed by atoms with Gasteiger partial charge in [0.15, 0.2) is 0 Å². The average molecular weight is 246 g/mol. The SMILES string of the molecule is CCOC(=O)c1c(C)cc2c(=O)[nH]ncc2c1C. The fourth-order valence-corrected chi connectivity index (χ4v) is 2.09. The van der Waals surface area contributed by atoms with Crippen molar-refractivity contribution in [1.29, 1.82) is 0 Å². The second-order valence-electron chi connectivity index (χ2n) is 4.07. The Morgan fingerprint density at radius 2 is 2.11 bits per heavy atom. The fourth-order valence-electron chi connectivity index (χ4n) is 2.09. The van der Waals surface area contributed by atoms with E-state index in [-0.39, 0.29) is 11.5 Å². The summed E-state index contributed by atoms with van der Waals surface area (Å²) in [6.45, 7) is 5.67. The van der Waals surface area contributed by atoms with Crippen molar-refractivity contribution in [1.82, 2.24) is 10.2 Å². The van der Waals surface area contributed by atoms with Crippen molar-refractivity contribution in [3.8, 4) is 0 Å². The number of H-pyrrole nitrogens is 1.